The summed E-state index contributed by atoms with van der Waals surface area (Å²) in [4.78, 5) is 16.2. The van der Waals surface area contributed by atoms with Crippen LogP contribution in [0.4, 0.5) is 5.82 Å². The number of carboxylic acid groups (broad SMARTS) is 1. The number of nitriles is 2. The predicted molar refractivity (Wildman–Crippen MR) is 71.6 cm³/mol. The van der Waals surface area contributed by atoms with Crippen molar-refractivity contribution in [1.29, 1.82) is 10.5 Å². The highest BCUT2D eigenvalue weighted by Gasteiger charge is 2.33. The fourth-order valence-electron chi connectivity index (χ4n) is 2.11. The van der Waals surface area contributed by atoms with E-state index in [2.05, 4.69) is 4.98 Å². The predicted octanol–water partition coefficient (Wildman–Crippen LogP) is 1.88. The van der Waals surface area contributed by atoms with Crippen molar-refractivity contribution in [2.24, 2.45) is 0 Å². The molecule has 1 N–H and O–H groups in total. The van der Waals surface area contributed by atoms with Crippen LogP contribution in [0.2, 0.25) is 5.15 Å². The highest BCUT2D eigenvalue weighted by atomic mass is 35.5. The Morgan fingerprint density at radius 1 is 1.45 bits per heavy atom. The molecule has 1 fully saturated rings. The van der Waals surface area contributed by atoms with E-state index in [1.165, 1.54) is 11.9 Å². The van der Waals surface area contributed by atoms with Gasteiger partial charge in [0.2, 0.25) is 0 Å². The molecule has 0 atom stereocenters. The summed E-state index contributed by atoms with van der Waals surface area (Å²) in [7, 11) is 1.52. The lowest BCUT2D eigenvalue weighted by Crippen LogP contribution is -2.27. The van der Waals surface area contributed by atoms with Gasteiger partial charge in [-0.2, -0.15) is 10.5 Å². The Morgan fingerprint density at radius 3 is 2.50 bits per heavy atom. The van der Waals surface area contributed by atoms with Crippen molar-refractivity contribution >= 4 is 23.4 Å². The Bertz CT molecular complexity index is 656. The molecule has 102 valence electrons. The molecule has 7 heteroatoms. The minimum Gasteiger partial charge on any atom is -0.480 e. The Morgan fingerprint density at radius 2 is 2.05 bits per heavy atom. The van der Waals surface area contributed by atoms with Crippen LogP contribution >= 0.6 is 11.6 Å². The first-order chi connectivity index (χ1) is 9.49. The van der Waals surface area contributed by atoms with E-state index in [-0.39, 0.29) is 34.6 Å². The van der Waals surface area contributed by atoms with Crippen LogP contribution in [0, 0.1) is 22.7 Å². The molecule has 0 unspecified atom stereocenters. The first kappa shape index (κ1) is 14.1. The number of halogens is 1. The summed E-state index contributed by atoms with van der Waals surface area (Å²) in [6, 6.07) is 4.02. The standard InChI is InChI=1S/C13H11ClN4O2/c1-18(6-10(19)20)13-9(5-16)11(7-2-3-7)8(4-15)12(14)17-13/h7H,2-3,6H2,1H3,(H,19,20). The van der Waals surface area contributed by atoms with E-state index in [9.17, 15) is 15.3 Å². The number of likely N-dealkylation sites (N-methyl/N-ethyl adjacent to an activating group) is 1. The number of anilines is 1. The highest BCUT2D eigenvalue weighted by molar-refractivity contribution is 6.30. The molecule has 1 heterocycles. The molecule has 6 nitrogen and oxygen atoms in total. The van der Waals surface area contributed by atoms with Crippen LogP contribution in [-0.2, 0) is 4.79 Å². The van der Waals surface area contributed by atoms with Crippen LogP contribution in [0.3, 0.4) is 0 Å². The smallest absolute Gasteiger partial charge is 0.323 e. The number of carboxylic acids is 1. The quantitative estimate of drug-likeness (QED) is 0.850. The fourth-order valence-corrected chi connectivity index (χ4v) is 2.34. The van der Waals surface area contributed by atoms with Crippen molar-refractivity contribution in [2.75, 3.05) is 18.5 Å². The second-order valence-electron chi connectivity index (χ2n) is 4.64. The number of aliphatic carboxylic acids is 1. The van der Waals surface area contributed by atoms with E-state index in [0.717, 1.165) is 12.8 Å². The summed E-state index contributed by atoms with van der Waals surface area (Å²) < 4.78 is 0. The van der Waals surface area contributed by atoms with Gasteiger partial charge in [0.1, 0.15) is 29.7 Å². The Kier molecular flexibility index (Phi) is 3.78. The molecule has 0 saturated heterocycles. The van der Waals surface area contributed by atoms with E-state index in [1.54, 1.807) is 0 Å². The summed E-state index contributed by atoms with van der Waals surface area (Å²) in [5.41, 5.74) is 1.07. The number of nitrogens with zero attached hydrogens (tertiary/aromatic N) is 4. The second-order valence-corrected chi connectivity index (χ2v) is 5.00. The number of aromatic nitrogens is 1. The summed E-state index contributed by atoms with van der Waals surface area (Å²) in [6.45, 7) is -0.298. The molecule has 0 bridgehead atoms. The van der Waals surface area contributed by atoms with Crippen molar-refractivity contribution in [3.8, 4) is 12.1 Å². The molecular formula is C13H11ClN4O2. The van der Waals surface area contributed by atoms with E-state index in [0.29, 0.717) is 5.56 Å². The maximum absolute atomic E-state index is 10.8. The van der Waals surface area contributed by atoms with Crippen molar-refractivity contribution in [2.45, 2.75) is 18.8 Å². The first-order valence-corrected chi connectivity index (χ1v) is 6.33. The van der Waals surface area contributed by atoms with E-state index >= 15 is 0 Å². The number of pyridine rings is 1. The highest BCUT2D eigenvalue weighted by Crippen LogP contribution is 2.46. The van der Waals surface area contributed by atoms with Crippen molar-refractivity contribution in [3.63, 3.8) is 0 Å². The van der Waals surface area contributed by atoms with E-state index in [1.807, 2.05) is 12.1 Å². The zero-order valence-electron chi connectivity index (χ0n) is 10.7. The Labute approximate surface area is 120 Å². The van der Waals surface area contributed by atoms with Gasteiger partial charge in [0.25, 0.3) is 0 Å². The average molecular weight is 291 g/mol. The summed E-state index contributed by atoms with van der Waals surface area (Å²) >= 11 is 6.00. The van der Waals surface area contributed by atoms with Crippen molar-refractivity contribution in [3.05, 3.63) is 21.8 Å². The summed E-state index contributed by atoms with van der Waals surface area (Å²) in [6.07, 6.45) is 1.79. The van der Waals surface area contributed by atoms with Crippen molar-refractivity contribution < 1.29 is 9.90 Å². The van der Waals surface area contributed by atoms with Gasteiger partial charge in [-0.1, -0.05) is 11.6 Å². The van der Waals surface area contributed by atoms with Gasteiger partial charge in [-0.05, 0) is 24.3 Å². The third-order valence-electron chi connectivity index (χ3n) is 3.12. The molecule has 0 aliphatic heterocycles. The number of hydrogen-bond acceptors (Lipinski definition) is 5. The van der Waals surface area contributed by atoms with Gasteiger partial charge < -0.3 is 10.0 Å². The van der Waals surface area contributed by atoms with Crippen LogP contribution < -0.4 is 4.90 Å². The number of rotatable bonds is 4. The molecule has 2 rings (SSSR count). The summed E-state index contributed by atoms with van der Waals surface area (Å²) in [5, 5.41) is 27.4. The molecule has 1 aliphatic rings. The molecule has 0 aromatic carbocycles. The zero-order valence-corrected chi connectivity index (χ0v) is 11.5. The van der Waals surface area contributed by atoms with Gasteiger partial charge >= 0.3 is 5.97 Å². The lowest BCUT2D eigenvalue weighted by atomic mass is 10.00. The van der Waals surface area contributed by atoms with Crippen molar-refractivity contribution in [1.82, 2.24) is 4.98 Å². The van der Waals surface area contributed by atoms with E-state index < -0.39 is 5.97 Å². The van der Waals surface area contributed by atoms with E-state index in [4.69, 9.17) is 16.7 Å². The Hall–Kier alpha value is -2.31. The monoisotopic (exact) mass is 290 g/mol. The van der Waals surface area contributed by atoms with Gasteiger partial charge in [-0.3, -0.25) is 4.79 Å². The lowest BCUT2D eigenvalue weighted by Gasteiger charge is -2.19. The summed E-state index contributed by atoms with van der Waals surface area (Å²) in [5.74, 6) is -0.691. The lowest BCUT2D eigenvalue weighted by molar-refractivity contribution is -0.135. The maximum atomic E-state index is 10.8. The maximum Gasteiger partial charge on any atom is 0.323 e. The normalized spacial score (nSPS) is 13.4. The third kappa shape index (κ3) is 2.52. The molecule has 1 aromatic heterocycles. The SMILES string of the molecule is CN(CC(=O)O)c1nc(Cl)c(C#N)c(C2CC2)c1C#N. The van der Waals surface area contributed by atoms with Crippen LogP contribution in [0.1, 0.15) is 35.4 Å². The molecule has 0 radical (unpaired) electrons. The molecule has 0 spiro atoms. The molecule has 0 amide bonds. The third-order valence-corrected chi connectivity index (χ3v) is 3.39. The van der Waals surface area contributed by atoms with Gasteiger partial charge in [0, 0.05) is 7.05 Å². The van der Waals surface area contributed by atoms with Crippen LogP contribution in [0.25, 0.3) is 0 Å². The topological polar surface area (TPSA) is 101 Å². The largest absolute Gasteiger partial charge is 0.480 e. The second kappa shape index (κ2) is 5.36. The minimum absolute atomic E-state index is 0.0145. The van der Waals surface area contributed by atoms with Crippen LogP contribution in [0.5, 0.6) is 0 Å². The average Bonchev–Trinajstić information content (AvgIpc) is 3.20. The van der Waals surface area contributed by atoms with Gasteiger partial charge in [-0.25, -0.2) is 4.98 Å². The van der Waals surface area contributed by atoms with Crippen LogP contribution in [-0.4, -0.2) is 29.7 Å². The molecule has 20 heavy (non-hydrogen) atoms. The molecular weight excluding hydrogens is 280 g/mol. The molecule has 1 saturated carbocycles. The van der Waals surface area contributed by atoms with Crippen LogP contribution in [0.15, 0.2) is 0 Å². The fraction of sp³-hybridized carbons (Fsp3) is 0.385. The van der Waals surface area contributed by atoms with Gasteiger partial charge in [-0.15, -0.1) is 0 Å². The number of carbonyl (C=O) groups is 1. The zero-order chi connectivity index (χ0) is 14.9. The van der Waals surface area contributed by atoms with Gasteiger partial charge in [0.15, 0.2) is 0 Å². The molecule has 1 aliphatic carbocycles. The molecule has 1 aromatic rings. The first-order valence-electron chi connectivity index (χ1n) is 5.96. The minimum atomic E-state index is -1.04. The Balaban J connectivity index is 2.62. The number of hydrogen-bond donors (Lipinski definition) is 1. The van der Waals surface area contributed by atoms with Gasteiger partial charge in [0.05, 0.1) is 11.1 Å².